The van der Waals surface area contributed by atoms with Crippen molar-refractivity contribution in [2.24, 2.45) is 0 Å². The van der Waals surface area contributed by atoms with E-state index in [-0.39, 0.29) is 0 Å². The zero-order valence-corrected chi connectivity index (χ0v) is 8.40. The van der Waals surface area contributed by atoms with Crippen LogP contribution in [0, 0.1) is 0 Å². The topological polar surface area (TPSA) is 47.9 Å². The van der Waals surface area contributed by atoms with Crippen molar-refractivity contribution in [2.75, 3.05) is 27.4 Å². The predicted molar refractivity (Wildman–Crippen MR) is 49.8 cm³/mol. The van der Waals surface area contributed by atoms with E-state index >= 15 is 0 Å². The molecule has 0 amide bonds. The first-order valence-electron chi connectivity index (χ1n) is 4.18. The van der Waals surface area contributed by atoms with Gasteiger partial charge in [-0.15, -0.1) is 0 Å². The number of methoxy groups -OCH3 is 2. The summed E-state index contributed by atoms with van der Waals surface area (Å²) < 4.78 is 14.9. The molecule has 0 aliphatic heterocycles. The minimum Gasteiger partial charge on any atom is -0.391 e. The van der Waals surface area contributed by atoms with Crippen LogP contribution in [0.15, 0.2) is 0 Å². The van der Waals surface area contributed by atoms with E-state index < -0.39 is 18.2 Å². The highest BCUT2D eigenvalue weighted by Gasteiger charge is 2.17. The molecule has 0 aliphatic carbocycles. The van der Waals surface area contributed by atoms with Crippen molar-refractivity contribution in [3.05, 3.63) is 0 Å². The molecule has 5 heteroatoms. The summed E-state index contributed by atoms with van der Waals surface area (Å²) in [5, 5.41) is 9.26. The number of ether oxygens (including phenoxy) is 3. The molecule has 13 heavy (non-hydrogen) atoms. The molecule has 3 atom stereocenters. The Labute approximate surface area is 80.6 Å². The van der Waals surface area contributed by atoms with Crippen molar-refractivity contribution in [3.8, 4) is 0 Å². The Morgan fingerprint density at radius 3 is 2.15 bits per heavy atom. The predicted octanol–water partition coefficient (Wildman–Crippen LogP) is -0.460. The van der Waals surface area contributed by atoms with E-state index in [0.717, 1.165) is 0 Å². The Morgan fingerprint density at radius 2 is 1.77 bits per heavy atom. The smallest absolute Gasteiger partial charge is 0.112 e. The molecule has 0 aliphatic rings. The maximum Gasteiger partial charge on any atom is 0.112 e. The lowest BCUT2D eigenvalue weighted by molar-refractivity contribution is -0.0893. The molecular weight excluding hydrogens is 171 g/mol. The van der Waals surface area contributed by atoms with E-state index in [9.17, 15) is 5.11 Å². The maximum atomic E-state index is 9.26. The largest absolute Gasteiger partial charge is 0.391 e. The molecule has 0 aromatic rings. The van der Waals surface area contributed by atoms with Gasteiger partial charge in [0.25, 0.3) is 0 Å². The molecule has 76 valence electrons. The Hall–Kier alpha value is -0.0951. The third-order valence-corrected chi connectivity index (χ3v) is 1.55. The Bertz CT molecular complexity index is 121. The molecule has 0 rings (SSSR count). The molecule has 2 radical (unpaired) electrons. The van der Waals surface area contributed by atoms with Crippen LogP contribution in [0.2, 0.25) is 0 Å². The van der Waals surface area contributed by atoms with E-state index in [0.29, 0.717) is 13.2 Å². The van der Waals surface area contributed by atoms with E-state index in [1.807, 2.05) is 0 Å². The van der Waals surface area contributed by atoms with Crippen molar-refractivity contribution in [2.45, 2.75) is 25.1 Å². The summed E-state index contributed by atoms with van der Waals surface area (Å²) in [7, 11) is 8.62. The second-order valence-corrected chi connectivity index (χ2v) is 2.86. The van der Waals surface area contributed by atoms with Gasteiger partial charge in [0, 0.05) is 20.2 Å². The first kappa shape index (κ1) is 12.9. The summed E-state index contributed by atoms with van der Waals surface area (Å²) in [5.74, 6) is 0. The quantitative estimate of drug-likeness (QED) is 0.549. The zero-order chi connectivity index (χ0) is 10.3. The first-order valence-corrected chi connectivity index (χ1v) is 4.18. The third kappa shape index (κ3) is 6.04. The fourth-order valence-corrected chi connectivity index (χ4v) is 0.885. The minimum absolute atomic E-state index is 0.299. The van der Waals surface area contributed by atoms with Gasteiger partial charge in [0.2, 0.25) is 0 Å². The molecule has 0 saturated heterocycles. The van der Waals surface area contributed by atoms with Crippen molar-refractivity contribution in [3.63, 3.8) is 0 Å². The van der Waals surface area contributed by atoms with Crippen LogP contribution >= 0.6 is 0 Å². The fourth-order valence-electron chi connectivity index (χ4n) is 0.885. The molecule has 0 spiro atoms. The molecular formula is C8H17BO4. The van der Waals surface area contributed by atoms with Gasteiger partial charge in [-0.05, 0) is 6.92 Å². The van der Waals surface area contributed by atoms with E-state index in [4.69, 9.17) is 22.1 Å². The molecule has 0 heterocycles. The molecule has 4 nitrogen and oxygen atoms in total. The summed E-state index contributed by atoms with van der Waals surface area (Å²) in [6, 6.07) is -0.528. The van der Waals surface area contributed by atoms with Crippen molar-refractivity contribution in [1.29, 1.82) is 0 Å². The van der Waals surface area contributed by atoms with Crippen LogP contribution in [0.4, 0.5) is 0 Å². The van der Waals surface area contributed by atoms with Gasteiger partial charge >= 0.3 is 0 Å². The molecule has 1 unspecified atom stereocenters. The zero-order valence-electron chi connectivity index (χ0n) is 8.40. The van der Waals surface area contributed by atoms with E-state index in [1.165, 1.54) is 7.11 Å². The molecule has 0 aromatic carbocycles. The Kier molecular flexibility index (Phi) is 7.27. The monoisotopic (exact) mass is 188 g/mol. The lowest BCUT2D eigenvalue weighted by atomic mass is 10.0. The number of aliphatic hydroxyl groups excluding tert-OH is 1. The van der Waals surface area contributed by atoms with Crippen LogP contribution in [-0.2, 0) is 14.2 Å². The Balaban J connectivity index is 3.79. The summed E-state index contributed by atoms with van der Waals surface area (Å²) in [4.78, 5) is 0. The van der Waals surface area contributed by atoms with Crippen LogP contribution in [-0.4, -0.2) is 58.6 Å². The van der Waals surface area contributed by atoms with Crippen LogP contribution in [0.25, 0.3) is 0 Å². The first-order chi connectivity index (χ1) is 6.11. The van der Waals surface area contributed by atoms with E-state index in [1.54, 1.807) is 14.0 Å². The SMILES string of the molecule is [B]C(COC)O[C@H](COC)[C@H](C)O. The number of aliphatic hydroxyl groups is 1. The van der Waals surface area contributed by atoms with Crippen molar-refractivity contribution < 1.29 is 19.3 Å². The molecule has 0 fully saturated rings. The number of hydrogen-bond donors (Lipinski definition) is 1. The van der Waals surface area contributed by atoms with Gasteiger partial charge in [-0.1, -0.05) is 0 Å². The summed E-state index contributed by atoms with van der Waals surface area (Å²) in [6.07, 6.45) is -1.02. The lowest BCUT2D eigenvalue weighted by Gasteiger charge is -2.24. The standard InChI is InChI=1S/C8H17BO4/c1-6(10)7(4-11-2)13-8(9)5-12-3/h6-8,10H,4-5H2,1-3H3/t6-,7+,8?/m0/s1. The normalized spacial score (nSPS) is 18.2. The summed E-state index contributed by atoms with van der Waals surface area (Å²) in [6.45, 7) is 2.24. The van der Waals surface area contributed by atoms with E-state index in [2.05, 4.69) is 0 Å². The third-order valence-electron chi connectivity index (χ3n) is 1.55. The van der Waals surface area contributed by atoms with Gasteiger partial charge < -0.3 is 19.3 Å². The molecule has 1 N–H and O–H groups in total. The van der Waals surface area contributed by atoms with Gasteiger partial charge in [0.05, 0.1) is 19.3 Å². The fraction of sp³-hybridized carbons (Fsp3) is 1.00. The molecule has 0 saturated carbocycles. The van der Waals surface area contributed by atoms with Crippen LogP contribution in [0.3, 0.4) is 0 Å². The van der Waals surface area contributed by atoms with Crippen molar-refractivity contribution >= 4 is 7.85 Å². The highest BCUT2D eigenvalue weighted by Crippen LogP contribution is 2.02. The number of rotatable bonds is 7. The van der Waals surface area contributed by atoms with Gasteiger partial charge in [0.1, 0.15) is 14.0 Å². The molecule has 0 aromatic heterocycles. The Morgan fingerprint density at radius 1 is 1.23 bits per heavy atom. The second kappa shape index (κ2) is 7.32. The summed E-state index contributed by atoms with van der Waals surface area (Å²) >= 11 is 0. The van der Waals surface area contributed by atoms with Crippen LogP contribution < -0.4 is 0 Å². The number of hydrogen-bond acceptors (Lipinski definition) is 4. The highest BCUT2D eigenvalue weighted by molar-refractivity contribution is 6.11. The minimum atomic E-state index is -0.608. The van der Waals surface area contributed by atoms with Gasteiger partial charge in [-0.3, -0.25) is 0 Å². The maximum absolute atomic E-state index is 9.26. The lowest BCUT2D eigenvalue weighted by Crippen LogP contribution is -2.36. The van der Waals surface area contributed by atoms with Gasteiger partial charge in [-0.2, -0.15) is 0 Å². The van der Waals surface area contributed by atoms with Crippen LogP contribution in [0.1, 0.15) is 6.92 Å². The molecule has 0 bridgehead atoms. The van der Waals surface area contributed by atoms with Crippen LogP contribution in [0.5, 0.6) is 0 Å². The average Bonchev–Trinajstić information content (AvgIpc) is 2.04. The van der Waals surface area contributed by atoms with Gasteiger partial charge in [0.15, 0.2) is 0 Å². The van der Waals surface area contributed by atoms with Crippen molar-refractivity contribution in [1.82, 2.24) is 0 Å². The highest BCUT2D eigenvalue weighted by atomic mass is 16.6. The second-order valence-electron chi connectivity index (χ2n) is 2.86. The van der Waals surface area contributed by atoms with Gasteiger partial charge in [-0.25, -0.2) is 0 Å². The summed E-state index contributed by atoms with van der Waals surface area (Å²) in [5.41, 5.74) is 0. The average molecular weight is 188 g/mol.